The van der Waals surface area contributed by atoms with Gasteiger partial charge >= 0.3 is 0 Å². The van der Waals surface area contributed by atoms with Crippen LogP contribution in [0.5, 0.6) is 0 Å². The van der Waals surface area contributed by atoms with E-state index in [0.717, 1.165) is 10.9 Å². The Kier molecular flexibility index (Phi) is 2.87. The molecule has 1 unspecified atom stereocenters. The molecular weight excluding hydrogens is 214 g/mol. The molecule has 1 aliphatic heterocycles. The maximum Gasteiger partial charge on any atom is 0.0931 e. The second-order valence-electron chi connectivity index (χ2n) is 4.64. The number of hydrogen-bond acceptors (Lipinski definition) is 2. The van der Waals surface area contributed by atoms with E-state index >= 15 is 0 Å². The van der Waals surface area contributed by atoms with Crippen LogP contribution in [0.1, 0.15) is 37.5 Å². The molecule has 14 heavy (non-hydrogen) atoms. The summed E-state index contributed by atoms with van der Waals surface area (Å²) >= 11 is 7.69. The second kappa shape index (κ2) is 3.84. The summed E-state index contributed by atoms with van der Waals surface area (Å²) in [6.45, 7) is 5.66. The van der Waals surface area contributed by atoms with Crippen LogP contribution in [-0.2, 0) is 0 Å². The van der Waals surface area contributed by atoms with Crippen LogP contribution in [0.3, 0.4) is 0 Å². The number of hydrogen-bond donors (Lipinski definition) is 1. The van der Waals surface area contributed by atoms with E-state index in [2.05, 4.69) is 25.2 Å². The van der Waals surface area contributed by atoms with E-state index in [1.807, 2.05) is 6.07 Å². The molecule has 0 bridgehead atoms. The van der Waals surface area contributed by atoms with Crippen molar-refractivity contribution in [2.75, 3.05) is 6.54 Å². The average Bonchev–Trinajstić information content (AvgIpc) is 2.50. The Hall–Kier alpha value is -0.0500. The number of thiophene rings is 1. The third-order valence-electron chi connectivity index (χ3n) is 2.85. The van der Waals surface area contributed by atoms with Gasteiger partial charge in [0.05, 0.1) is 4.34 Å². The Morgan fingerprint density at radius 3 is 2.86 bits per heavy atom. The van der Waals surface area contributed by atoms with Gasteiger partial charge in [-0.2, -0.15) is 0 Å². The maximum atomic E-state index is 5.95. The second-order valence-corrected chi connectivity index (χ2v) is 6.39. The van der Waals surface area contributed by atoms with Crippen molar-refractivity contribution in [1.82, 2.24) is 5.32 Å². The first-order valence-electron chi connectivity index (χ1n) is 5.07. The van der Waals surface area contributed by atoms with Gasteiger partial charge in [-0.05, 0) is 51.3 Å². The van der Waals surface area contributed by atoms with Crippen LogP contribution >= 0.6 is 22.9 Å². The summed E-state index contributed by atoms with van der Waals surface area (Å²) in [5.74, 6) is 0.698. The van der Waals surface area contributed by atoms with Gasteiger partial charge < -0.3 is 5.32 Å². The third kappa shape index (κ3) is 2.30. The van der Waals surface area contributed by atoms with E-state index < -0.39 is 0 Å². The van der Waals surface area contributed by atoms with Crippen LogP contribution < -0.4 is 5.32 Å². The van der Waals surface area contributed by atoms with E-state index in [0.29, 0.717) is 5.92 Å². The first-order valence-corrected chi connectivity index (χ1v) is 6.26. The summed E-state index contributed by atoms with van der Waals surface area (Å²) in [5.41, 5.74) is 0.277. The van der Waals surface area contributed by atoms with Gasteiger partial charge in [0.1, 0.15) is 0 Å². The lowest BCUT2D eigenvalue weighted by Crippen LogP contribution is -2.45. The monoisotopic (exact) mass is 229 g/mol. The molecule has 1 nitrogen and oxygen atoms in total. The lowest BCUT2D eigenvalue weighted by molar-refractivity contribution is 0.277. The molecule has 1 saturated heterocycles. The van der Waals surface area contributed by atoms with Gasteiger partial charge in [0.2, 0.25) is 0 Å². The molecule has 1 atom stereocenters. The number of halogens is 1. The first kappa shape index (κ1) is 10.5. The van der Waals surface area contributed by atoms with E-state index in [4.69, 9.17) is 11.6 Å². The smallest absolute Gasteiger partial charge is 0.0931 e. The molecule has 0 radical (unpaired) electrons. The largest absolute Gasteiger partial charge is 0.312 e. The molecule has 3 heteroatoms. The summed E-state index contributed by atoms with van der Waals surface area (Å²) in [6.07, 6.45) is 2.45. The van der Waals surface area contributed by atoms with Crippen molar-refractivity contribution in [2.45, 2.75) is 38.1 Å². The molecule has 78 valence electrons. The summed E-state index contributed by atoms with van der Waals surface area (Å²) in [7, 11) is 0. The highest BCUT2D eigenvalue weighted by atomic mass is 35.5. The quantitative estimate of drug-likeness (QED) is 0.775. The van der Waals surface area contributed by atoms with Crippen molar-refractivity contribution in [3.05, 3.63) is 21.3 Å². The predicted molar refractivity (Wildman–Crippen MR) is 63.4 cm³/mol. The fourth-order valence-electron chi connectivity index (χ4n) is 2.17. The van der Waals surface area contributed by atoms with E-state index in [9.17, 15) is 0 Å². The minimum absolute atomic E-state index is 0.277. The summed E-state index contributed by atoms with van der Waals surface area (Å²) in [5, 5.41) is 3.54. The molecule has 0 amide bonds. The van der Waals surface area contributed by atoms with Gasteiger partial charge in [0.25, 0.3) is 0 Å². The Labute approximate surface area is 94.5 Å². The van der Waals surface area contributed by atoms with Crippen molar-refractivity contribution in [3.63, 3.8) is 0 Å². The maximum absolute atomic E-state index is 5.95. The Morgan fingerprint density at radius 2 is 2.29 bits per heavy atom. The topological polar surface area (TPSA) is 12.0 Å². The number of nitrogens with one attached hydrogen (secondary N) is 1. The van der Waals surface area contributed by atoms with E-state index in [1.165, 1.54) is 17.7 Å². The van der Waals surface area contributed by atoms with Crippen LogP contribution in [-0.4, -0.2) is 12.1 Å². The molecule has 1 aromatic rings. The average molecular weight is 230 g/mol. The minimum atomic E-state index is 0.277. The van der Waals surface area contributed by atoms with Crippen LogP contribution in [0, 0.1) is 0 Å². The molecule has 1 aliphatic rings. The summed E-state index contributed by atoms with van der Waals surface area (Å²) in [4.78, 5) is 1.45. The lowest BCUT2D eigenvalue weighted by atomic mass is 9.84. The molecule has 0 saturated carbocycles. The Balaban J connectivity index is 2.12. The molecule has 1 aromatic heterocycles. The highest BCUT2D eigenvalue weighted by Gasteiger charge is 2.28. The van der Waals surface area contributed by atoms with Gasteiger partial charge in [-0.1, -0.05) is 11.6 Å². The number of rotatable bonds is 1. The third-order valence-corrected chi connectivity index (χ3v) is 4.24. The molecule has 2 rings (SSSR count). The molecule has 0 aliphatic carbocycles. The van der Waals surface area contributed by atoms with Gasteiger partial charge in [-0.3, -0.25) is 0 Å². The Bertz CT molecular complexity index is 319. The van der Waals surface area contributed by atoms with Crippen LogP contribution in [0.25, 0.3) is 0 Å². The van der Waals surface area contributed by atoms with Crippen molar-refractivity contribution in [1.29, 1.82) is 0 Å². The van der Waals surface area contributed by atoms with E-state index in [-0.39, 0.29) is 5.54 Å². The molecule has 0 spiro atoms. The number of piperidine rings is 1. The van der Waals surface area contributed by atoms with Crippen LogP contribution in [0.15, 0.2) is 12.1 Å². The van der Waals surface area contributed by atoms with E-state index in [1.54, 1.807) is 11.3 Å². The van der Waals surface area contributed by atoms with Gasteiger partial charge in [-0.25, -0.2) is 0 Å². The molecule has 1 N–H and O–H groups in total. The van der Waals surface area contributed by atoms with Gasteiger partial charge in [-0.15, -0.1) is 11.3 Å². The zero-order chi connectivity index (χ0) is 10.2. The van der Waals surface area contributed by atoms with Crippen molar-refractivity contribution in [3.8, 4) is 0 Å². The zero-order valence-electron chi connectivity index (χ0n) is 8.64. The Morgan fingerprint density at radius 1 is 1.50 bits per heavy atom. The summed E-state index contributed by atoms with van der Waals surface area (Å²) < 4.78 is 0.913. The van der Waals surface area contributed by atoms with Crippen molar-refractivity contribution >= 4 is 22.9 Å². The molecule has 1 fully saturated rings. The van der Waals surface area contributed by atoms with Crippen LogP contribution in [0.4, 0.5) is 0 Å². The predicted octanol–water partition coefficient (Wildman–Crippen LogP) is 3.65. The standard InChI is InChI=1S/C11H16ClNS/c1-11(2)7-8(5-6-13-11)9-3-4-10(12)14-9/h3-4,8,13H,5-7H2,1-2H3. The normalized spacial score (nSPS) is 26.4. The fraction of sp³-hybridized carbons (Fsp3) is 0.636. The van der Waals surface area contributed by atoms with Gasteiger partial charge in [0, 0.05) is 10.4 Å². The lowest BCUT2D eigenvalue weighted by Gasteiger charge is -2.36. The molecule has 0 aromatic carbocycles. The minimum Gasteiger partial charge on any atom is -0.312 e. The summed E-state index contributed by atoms with van der Waals surface area (Å²) in [6, 6.07) is 4.19. The van der Waals surface area contributed by atoms with Crippen LogP contribution in [0.2, 0.25) is 4.34 Å². The molecule has 2 heterocycles. The fourth-order valence-corrected chi connectivity index (χ4v) is 3.36. The first-order chi connectivity index (χ1) is 6.57. The molecular formula is C11H16ClNS. The van der Waals surface area contributed by atoms with Gasteiger partial charge in [0.15, 0.2) is 0 Å². The SMILES string of the molecule is CC1(C)CC(c2ccc(Cl)s2)CCN1. The highest BCUT2D eigenvalue weighted by molar-refractivity contribution is 7.16. The zero-order valence-corrected chi connectivity index (χ0v) is 10.2. The van der Waals surface area contributed by atoms with Crippen molar-refractivity contribution in [2.24, 2.45) is 0 Å². The highest BCUT2D eigenvalue weighted by Crippen LogP contribution is 2.37. The van der Waals surface area contributed by atoms with Crippen molar-refractivity contribution < 1.29 is 0 Å².